The maximum Gasteiger partial charge on any atom is 0.374 e. The van der Waals surface area contributed by atoms with Crippen molar-refractivity contribution >= 4 is 28.5 Å². The summed E-state index contributed by atoms with van der Waals surface area (Å²) < 4.78 is 10.9. The number of carbonyl (C=O) groups excluding carboxylic acids is 2. The van der Waals surface area contributed by atoms with Crippen molar-refractivity contribution in [3.63, 3.8) is 0 Å². The zero-order chi connectivity index (χ0) is 24.3. The molecule has 0 aliphatic carbocycles. The van der Waals surface area contributed by atoms with E-state index in [0.29, 0.717) is 11.3 Å². The van der Waals surface area contributed by atoms with Crippen LogP contribution in [-0.4, -0.2) is 18.5 Å². The summed E-state index contributed by atoms with van der Waals surface area (Å²) in [6.07, 6.45) is 8.73. The van der Waals surface area contributed by atoms with E-state index in [2.05, 4.69) is 12.2 Å². The minimum absolute atomic E-state index is 0.148. The molecular formula is C28H33NO5. The number of esters is 1. The predicted molar refractivity (Wildman–Crippen MR) is 135 cm³/mol. The second-order valence-corrected chi connectivity index (χ2v) is 8.46. The Bertz CT molecular complexity index is 1160. The quantitative estimate of drug-likeness (QED) is 0.244. The maximum absolute atomic E-state index is 12.9. The fourth-order valence-corrected chi connectivity index (χ4v) is 3.71. The number of nitrogens with one attached hydrogen (secondary N) is 1. The number of ether oxygens (including phenoxy) is 1. The molecule has 0 radical (unpaired) electrons. The SMILES string of the molecule is CCCCCCCc1ccc(C(=O)Nc2cccc3c(=O)cc(C(=O)OCCCC)oc23)cc1. The van der Waals surface area contributed by atoms with Gasteiger partial charge in [0.25, 0.3) is 5.91 Å². The van der Waals surface area contributed by atoms with Gasteiger partial charge < -0.3 is 14.5 Å². The Labute approximate surface area is 200 Å². The van der Waals surface area contributed by atoms with Crippen LogP contribution in [0.1, 0.15) is 85.3 Å². The van der Waals surface area contributed by atoms with Crippen molar-refractivity contribution in [2.75, 3.05) is 11.9 Å². The molecule has 0 aliphatic heterocycles. The van der Waals surface area contributed by atoms with Gasteiger partial charge in [-0.2, -0.15) is 0 Å². The van der Waals surface area contributed by atoms with Gasteiger partial charge in [0.1, 0.15) is 0 Å². The van der Waals surface area contributed by atoms with Crippen LogP contribution in [0.3, 0.4) is 0 Å². The molecule has 2 aromatic carbocycles. The summed E-state index contributed by atoms with van der Waals surface area (Å²) in [7, 11) is 0. The first-order valence-electron chi connectivity index (χ1n) is 12.2. The molecule has 0 saturated carbocycles. The van der Waals surface area contributed by atoms with Crippen molar-refractivity contribution < 1.29 is 18.7 Å². The summed E-state index contributed by atoms with van der Waals surface area (Å²) in [5, 5.41) is 3.09. The largest absolute Gasteiger partial charge is 0.460 e. The van der Waals surface area contributed by atoms with Gasteiger partial charge in [0.15, 0.2) is 11.0 Å². The van der Waals surface area contributed by atoms with Crippen molar-refractivity contribution in [1.29, 1.82) is 0 Å². The molecule has 0 aliphatic rings. The van der Waals surface area contributed by atoms with Gasteiger partial charge in [0.05, 0.1) is 17.7 Å². The van der Waals surface area contributed by atoms with Crippen LogP contribution in [0.15, 0.2) is 57.7 Å². The molecule has 0 bridgehead atoms. The highest BCUT2D eigenvalue weighted by molar-refractivity contribution is 6.08. The smallest absolute Gasteiger partial charge is 0.374 e. The fraction of sp³-hybridized carbons (Fsp3) is 0.393. The Kier molecular flexibility index (Phi) is 9.44. The highest BCUT2D eigenvalue weighted by Crippen LogP contribution is 2.23. The third-order valence-corrected chi connectivity index (χ3v) is 5.72. The molecule has 0 atom stereocenters. The number of benzene rings is 2. The van der Waals surface area contributed by atoms with E-state index in [-0.39, 0.29) is 34.7 Å². The van der Waals surface area contributed by atoms with Gasteiger partial charge in [-0.15, -0.1) is 0 Å². The summed E-state index contributed by atoms with van der Waals surface area (Å²) in [6, 6.07) is 13.6. The standard InChI is InChI=1S/C28H33NO5/c1-3-5-7-8-9-11-20-14-16-21(17-15-20)27(31)29-23-13-10-12-22-24(30)19-25(34-26(22)23)28(32)33-18-6-4-2/h10,12-17,19H,3-9,11,18H2,1-2H3,(H,29,31). The van der Waals surface area contributed by atoms with E-state index in [1.807, 2.05) is 19.1 Å². The molecule has 3 rings (SSSR count). The normalized spacial score (nSPS) is 10.9. The number of fused-ring (bicyclic) bond motifs is 1. The van der Waals surface area contributed by atoms with Crippen LogP contribution < -0.4 is 10.7 Å². The van der Waals surface area contributed by atoms with E-state index in [1.165, 1.54) is 31.2 Å². The number of hydrogen-bond acceptors (Lipinski definition) is 5. The first kappa shape index (κ1) is 25.2. The molecule has 3 aromatic rings. The summed E-state index contributed by atoms with van der Waals surface area (Å²) in [6.45, 7) is 4.45. The monoisotopic (exact) mass is 463 g/mol. The number of rotatable bonds is 12. The van der Waals surface area contributed by atoms with Gasteiger partial charge >= 0.3 is 5.97 Å². The van der Waals surface area contributed by atoms with Crippen molar-refractivity contribution in [3.05, 3.63) is 75.6 Å². The average molecular weight is 464 g/mol. The predicted octanol–water partition coefficient (Wildman–Crippen LogP) is 6.52. The van der Waals surface area contributed by atoms with E-state index in [0.717, 1.165) is 31.7 Å². The Morgan fingerprint density at radius 1 is 0.912 bits per heavy atom. The average Bonchev–Trinajstić information content (AvgIpc) is 2.84. The van der Waals surface area contributed by atoms with Crippen LogP contribution in [0.25, 0.3) is 11.0 Å². The second kappa shape index (κ2) is 12.7. The zero-order valence-corrected chi connectivity index (χ0v) is 20.0. The summed E-state index contributed by atoms with van der Waals surface area (Å²) in [4.78, 5) is 37.7. The van der Waals surface area contributed by atoms with Gasteiger partial charge in [0, 0.05) is 11.6 Å². The van der Waals surface area contributed by atoms with Crippen LogP contribution in [-0.2, 0) is 11.2 Å². The van der Waals surface area contributed by atoms with Crippen LogP contribution in [0.2, 0.25) is 0 Å². The minimum Gasteiger partial charge on any atom is -0.460 e. The molecule has 0 unspecified atom stereocenters. The summed E-state index contributed by atoms with van der Waals surface area (Å²) in [5.41, 5.74) is 1.81. The topological polar surface area (TPSA) is 85.6 Å². The lowest BCUT2D eigenvalue weighted by atomic mass is 10.0. The lowest BCUT2D eigenvalue weighted by Gasteiger charge is -2.10. The minimum atomic E-state index is -0.695. The number of anilines is 1. The molecule has 1 aromatic heterocycles. The Hall–Kier alpha value is -3.41. The number of para-hydroxylation sites is 1. The van der Waals surface area contributed by atoms with E-state index in [1.54, 1.807) is 30.3 Å². The number of hydrogen-bond donors (Lipinski definition) is 1. The second-order valence-electron chi connectivity index (χ2n) is 8.46. The lowest BCUT2D eigenvalue weighted by molar-refractivity contribution is 0.0464. The Morgan fingerprint density at radius 2 is 1.65 bits per heavy atom. The molecule has 180 valence electrons. The van der Waals surface area contributed by atoms with Gasteiger partial charge in [-0.05, 0) is 49.1 Å². The summed E-state index contributed by atoms with van der Waals surface area (Å²) >= 11 is 0. The van der Waals surface area contributed by atoms with Crippen LogP contribution in [0.5, 0.6) is 0 Å². The maximum atomic E-state index is 12.9. The Morgan fingerprint density at radius 3 is 2.38 bits per heavy atom. The van der Waals surface area contributed by atoms with Crippen LogP contribution in [0, 0.1) is 0 Å². The van der Waals surface area contributed by atoms with Gasteiger partial charge in [-0.25, -0.2) is 4.79 Å². The fourth-order valence-electron chi connectivity index (χ4n) is 3.71. The van der Waals surface area contributed by atoms with Gasteiger partial charge in [0.2, 0.25) is 5.76 Å². The zero-order valence-electron chi connectivity index (χ0n) is 20.0. The molecule has 6 nitrogen and oxygen atoms in total. The third-order valence-electron chi connectivity index (χ3n) is 5.72. The van der Waals surface area contributed by atoms with E-state index >= 15 is 0 Å². The molecule has 1 N–H and O–H groups in total. The molecule has 0 saturated heterocycles. The Balaban J connectivity index is 1.73. The first-order valence-corrected chi connectivity index (χ1v) is 12.2. The molecule has 1 heterocycles. The van der Waals surface area contributed by atoms with Gasteiger partial charge in [-0.1, -0.05) is 64.2 Å². The molecule has 34 heavy (non-hydrogen) atoms. The molecule has 1 amide bonds. The third kappa shape index (κ3) is 6.80. The highest BCUT2D eigenvalue weighted by Gasteiger charge is 2.17. The van der Waals surface area contributed by atoms with Crippen LogP contribution in [0.4, 0.5) is 5.69 Å². The van der Waals surface area contributed by atoms with Crippen molar-refractivity contribution in [1.82, 2.24) is 0 Å². The molecule has 0 spiro atoms. The van der Waals surface area contributed by atoms with E-state index in [4.69, 9.17) is 9.15 Å². The number of carbonyl (C=O) groups is 2. The lowest BCUT2D eigenvalue weighted by Crippen LogP contribution is -2.14. The number of aryl methyl sites for hydroxylation is 1. The van der Waals surface area contributed by atoms with Crippen LogP contribution >= 0.6 is 0 Å². The number of unbranched alkanes of at least 4 members (excludes halogenated alkanes) is 5. The summed E-state index contributed by atoms with van der Waals surface area (Å²) in [5.74, 6) is -1.20. The molecular weight excluding hydrogens is 430 g/mol. The van der Waals surface area contributed by atoms with Crippen molar-refractivity contribution in [3.8, 4) is 0 Å². The van der Waals surface area contributed by atoms with Gasteiger partial charge in [-0.3, -0.25) is 9.59 Å². The first-order chi connectivity index (χ1) is 16.5. The number of amides is 1. The van der Waals surface area contributed by atoms with Crippen molar-refractivity contribution in [2.24, 2.45) is 0 Å². The molecule has 0 fully saturated rings. The highest BCUT2D eigenvalue weighted by atomic mass is 16.5. The van der Waals surface area contributed by atoms with E-state index < -0.39 is 5.97 Å². The van der Waals surface area contributed by atoms with Crippen molar-refractivity contribution in [2.45, 2.75) is 65.2 Å². The van der Waals surface area contributed by atoms with E-state index in [9.17, 15) is 14.4 Å². The molecule has 6 heteroatoms.